The van der Waals surface area contributed by atoms with E-state index in [0.717, 1.165) is 17.7 Å². The molecule has 1 heterocycles. The van der Waals surface area contributed by atoms with Crippen molar-refractivity contribution in [1.29, 1.82) is 0 Å². The van der Waals surface area contributed by atoms with E-state index in [1.165, 1.54) is 11.3 Å². The van der Waals surface area contributed by atoms with Gasteiger partial charge in [-0.15, -0.1) is 12.4 Å². The predicted molar refractivity (Wildman–Crippen MR) is 142 cm³/mol. The third-order valence-electron chi connectivity index (χ3n) is 4.92. The summed E-state index contributed by atoms with van der Waals surface area (Å²) >= 11 is 7.81. The fourth-order valence-electron chi connectivity index (χ4n) is 3.39. The molecule has 1 aromatic heterocycles. The number of halogens is 2. The molecular formula is C24H31Cl2N3O4S. The van der Waals surface area contributed by atoms with Gasteiger partial charge in [0.1, 0.15) is 11.3 Å². The zero-order valence-corrected chi connectivity index (χ0v) is 22.5. The van der Waals surface area contributed by atoms with Gasteiger partial charge in [-0.05, 0) is 71.2 Å². The highest BCUT2D eigenvalue weighted by molar-refractivity contribution is 7.23. The zero-order chi connectivity index (χ0) is 24.0. The molecule has 7 nitrogen and oxygen atoms in total. The number of carbonyl (C=O) groups is 1. The standard InChI is InChI=1S/C24H30ClN3O4S.ClH/c1-6-31-18-11-9-16(15-20(18)32-7-2)23(29)28(14-8-13-27(3)4)24-26-21-19(30-5)12-10-17(25)22(21)33-24;/h9-12,15H,6-8,13-14H2,1-5H3;1H. The van der Waals surface area contributed by atoms with Crippen LogP contribution in [-0.2, 0) is 0 Å². The molecule has 0 N–H and O–H groups in total. The van der Waals surface area contributed by atoms with Crippen molar-refractivity contribution in [1.82, 2.24) is 9.88 Å². The Bertz CT molecular complexity index is 1110. The monoisotopic (exact) mass is 527 g/mol. The Labute approximate surface area is 216 Å². The number of ether oxygens (including phenoxy) is 3. The van der Waals surface area contributed by atoms with Crippen LogP contribution in [0.2, 0.25) is 5.02 Å². The summed E-state index contributed by atoms with van der Waals surface area (Å²) in [5.41, 5.74) is 1.15. The number of methoxy groups -OCH3 is 1. The number of benzene rings is 2. The second-order valence-corrected chi connectivity index (χ2v) is 8.95. The highest BCUT2D eigenvalue weighted by atomic mass is 35.5. The molecule has 2 aromatic carbocycles. The van der Waals surface area contributed by atoms with E-state index in [-0.39, 0.29) is 18.3 Å². The molecule has 186 valence electrons. The number of hydrogen-bond donors (Lipinski definition) is 0. The Morgan fingerprint density at radius 3 is 2.35 bits per heavy atom. The summed E-state index contributed by atoms with van der Waals surface area (Å²) in [6.07, 6.45) is 0.787. The topological polar surface area (TPSA) is 64.1 Å². The van der Waals surface area contributed by atoms with Crippen molar-refractivity contribution in [2.75, 3.05) is 52.4 Å². The Kier molecular flexibility index (Phi) is 10.7. The summed E-state index contributed by atoms with van der Waals surface area (Å²) in [5, 5.41) is 1.15. The minimum atomic E-state index is -0.160. The predicted octanol–water partition coefficient (Wildman–Crippen LogP) is 5.78. The number of fused-ring (bicyclic) bond motifs is 1. The Balaban J connectivity index is 0.00000408. The van der Waals surface area contributed by atoms with Crippen LogP contribution in [0.3, 0.4) is 0 Å². The molecule has 3 aromatic rings. The van der Waals surface area contributed by atoms with Gasteiger partial charge >= 0.3 is 0 Å². The summed E-state index contributed by atoms with van der Waals surface area (Å²) < 4.78 is 17.6. The molecule has 0 aliphatic rings. The SMILES string of the molecule is CCOc1ccc(C(=O)N(CCCN(C)C)c2nc3c(OC)ccc(Cl)c3s2)cc1OCC.Cl. The van der Waals surface area contributed by atoms with E-state index in [1.807, 2.05) is 27.9 Å². The molecule has 0 unspecified atom stereocenters. The van der Waals surface area contributed by atoms with Gasteiger partial charge in [-0.2, -0.15) is 0 Å². The lowest BCUT2D eigenvalue weighted by atomic mass is 10.1. The third kappa shape index (κ3) is 6.44. The molecule has 0 fully saturated rings. The number of thiazole rings is 1. The molecule has 10 heteroatoms. The molecule has 0 spiro atoms. The van der Waals surface area contributed by atoms with Crippen molar-refractivity contribution in [3.63, 3.8) is 0 Å². The lowest BCUT2D eigenvalue weighted by Crippen LogP contribution is -2.33. The van der Waals surface area contributed by atoms with Gasteiger partial charge < -0.3 is 19.1 Å². The maximum absolute atomic E-state index is 13.7. The molecule has 0 aliphatic heterocycles. The summed E-state index contributed by atoms with van der Waals surface area (Å²) in [6, 6.07) is 8.83. The molecule has 0 aliphatic carbocycles. The third-order valence-corrected chi connectivity index (χ3v) is 6.46. The number of aromatic nitrogens is 1. The van der Waals surface area contributed by atoms with Crippen LogP contribution in [0.15, 0.2) is 30.3 Å². The number of hydrogen-bond acceptors (Lipinski definition) is 7. The van der Waals surface area contributed by atoms with Crippen molar-refractivity contribution >= 4 is 56.6 Å². The number of amides is 1. The van der Waals surface area contributed by atoms with Crippen LogP contribution in [-0.4, -0.2) is 63.3 Å². The minimum Gasteiger partial charge on any atom is -0.494 e. The highest BCUT2D eigenvalue weighted by Crippen LogP contribution is 2.39. The second-order valence-electron chi connectivity index (χ2n) is 7.56. The summed E-state index contributed by atoms with van der Waals surface area (Å²) in [4.78, 5) is 22.2. The maximum Gasteiger partial charge on any atom is 0.260 e. The summed E-state index contributed by atoms with van der Waals surface area (Å²) in [7, 11) is 5.61. The Hall–Kier alpha value is -2.26. The molecule has 3 rings (SSSR count). The largest absolute Gasteiger partial charge is 0.494 e. The van der Waals surface area contributed by atoms with Crippen LogP contribution >= 0.6 is 35.3 Å². The molecule has 0 saturated heterocycles. The van der Waals surface area contributed by atoms with Crippen LogP contribution < -0.4 is 19.1 Å². The van der Waals surface area contributed by atoms with Crippen molar-refractivity contribution in [3.05, 3.63) is 40.9 Å². The van der Waals surface area contributed by atoms with Crippen LogP contribution in [0, 0.1) is 0 Å². The fourth-order valence-corrected chi connectivity index (χ4v) is 4.67. The van der Waals surface area contributed by atoms with Gasteiger partial charge in [0, 0.05) is 12.1 Å². The Morgan fingerprint density at radius 2 is 1.71 bits per heavy atom. The normalized spacial score (nSPS) is 10.8. The van der Waals surface area contributed by atoms with E-state index >= 15 is 0 Å². The molecular weight excluding hydrogens is 497 g/mol. The second kappa shape index (κ2) is 13.0. The van der Waals surface area contributed by atoms with Crippen LogP contribution in [0.1, 0.15) is 30.6 Å². The van der Waals surface area contributed by atoms with Gasteiger partial charge in [0.05, 0.1) is 30.0 Å². The van der Waals surface area contributed by atoms with Gasteiger partial charge in [-0.25, -0.2) is 4.98 Å². The number of rotatable bonds is 11. The maximum atomic E-state index is 13.7. The van der Waals surface area contributed by atoms with E-state index < -0.39 is 0 Å². The average molecular weight is 529 g/mol. The highest BCUT2D eigenvalue weighted by Gasteiger charge is 2.24. The molecule has 0 atom stereocenters. The number of carbonyl (C=O) groups excluding carboxylic acids is 1. The number of nitrogens with zero attached hydrogens (tertiary/aromatic N) is 3. The van der Waals surface area contributed by atoms with E-state index in [4.69, 9.17) is 30.8 Å². The zero-order valence-electron chi connectivity index (χ0n) is 20.1. The van der Waals surface area contributed by atoms with Crippen LogP contribution in [0.4, 0.5) is 5.13 Å². The molecule has 1 amide bonds. The lowest BCUT2D eigenvalue weighted by molar-refractivity contribution is 0.0985. The van der Waals surface area contributed by atoms with Crippen molar-refractivity contribution in [3.8, 4) is 17.2 Å². The molecule has 34 heavy (non-hydrogen) atoms. The van der Waals surface area contributed by atoms with Gasteiger partial charge in [0.15, 0.2) is 16.6 Å². The Morgan fingerprint density at radius 1 is 1.03 bits per heavy atom. The smallest absolute Gasteiger partial charge is 0.260 e. The van der Waals surface area contributed by atoms with Crippen molar-refractivity contribution in [2.24, 2.45) is 0 Å². The summed E-state index contributed by atoms with van der Waals surface area (Å²) in [5.74, 6) is 1.63. The quantitative estimate of drug-likeness (QED) is 0.315. The van der Waals surface area contributed by atoms with E-state index in [2.05, 4.69) is 4.90 Å². The first kappa shape index (κ1) is 28.0. The molecule has 0 saturated carbocycles. The van der Waals surface area contributed by atoms with Crippen molar-refractivity contribution < 1.29 is 19.0 Å². The lowest BCUT2D eigenvalue weighted by Gasteiger charge is -2.21. The van der Waals surface area contributed by atoms with Gasteiger partial charge in [0.25, 0.3) is 5.91 Å². The first-order valence-corrected chi connectivity index (χ1v) is 12.1. The van der Waals surface area contributed by atoms with Gasteiger partial charge in [0.2, 0.25) is 0 Å². The molecule has 0 radical (unpaired) electrons. The summed E-state index contributed by atoms with van der Waals surface area (Å²) in [6.45, 7) is 6.14. The first-order chi connectivity index (χ1) is 15.9. The fraction of sp³-hybridized carbons (Fsp3) is 0.417. The van der Waals surface area contributed by atoms with E-state index in [0.29, 0.717) is 58.2 Å². The van der Waals surface area contributed by atoms with E-state index in [1.54, 1.807) is 42.3 Å². The average Bonchev–Trinajstić information content (AvgIpc) is 3.24. The number of anilines is 1. The van der Waals surface area contributed by atoms with Crippen molar-refractivity contribution in [2.45, 2.75) is 20.3 Å². The van der Waals surface area contributed by atoms with Gasteiger partial charge in [-0.1, -0.05) is 22.9 Å². The molecule has 0 bridgehead atoms. The van der Waals surface area contributed by atoms with E-state index in [9.17, 15) is 4.79 Å². The first-order valence-electron chi connectivity index (χ1n) is 10.9. The minimum absolute atomic E-state index is 0. The van der Waals surface area contributed by atoms with Crippen LogP contribution in [0.5, 0.6) is 17.2 Å². The van der Waals surface area contributed by atoms with Gasteiger partial charge in [-0.3, -0.25) is 9.69 Å². The van der Waals surface area contributed by atoms with Crippen LogP contribution in [0.25, 0.3) is 10.2 Å².